The summed E-state index contributed by atoms with van der Waals surface area (Å²) in [7, 11) is 5.28. The van der Waals surface area contributed by atoms with Gasteiger partial charge in [-0.3, -0.25) is 0 Å². The summed E-state index contributed by atoms with van der Waals surface area (Å²) in [5.41, 5.74) is 1.17. The third kappa shape index (κ3) is 3.65. The Morgan fingerprint density at radius 1 is 0.636 bits per heavy atom. The van der Waals surface area contributed by atoms with Crippen molar-refractivity contribution in [1.82, 2.24) is 9.97 Å². The molecule has 0 amide bonds. The fourth-order valence-electron chi connectivity index (χ4n) is 3.66. The first-order valence-electron chi connectivity index (χ1n) is 9.71. The molecule has 0 spiro atoms. The van der Waals surface area contributed by atoms with E-state index >= 15 is 4.39 Å². The van der Waals surface area contributed by atoms with Crippen LogP contribution in [0.25, 0.3) is 33.3 Å². The molecule has 0 aliphatic rings. The van der Waals surface area contributed by atoms with E-state index in [1.165, 1.54) is 32.7 Å². The van der Waals surface area contributed by atoms with Crippen LogP contribution >= 0.6 is 0 Å². The lowest BCUT2D eigenvalue weighted by atomic mass is 9.98. The number of nitrogens with zero attached hydrogens (tertiary/aromatic N) is 2. The lowest BCUT2D eigenvalue weighted by molar-refractivity contribution is 0.314. The normalized spacial score (nSPS) is 10.9. The second kappa shape index (κ2) is 8.85. The molecule has 1 heterocycles. The van der Waals surface area contributed by atoms with Crippen molar-refractivity contribution in [3.63, 3.8) is 0 Å². The number of aromatic nitrogens is 2. The van der Waals surface area contributed by atoms with Crippen molar-refractivity contribution in [2.24, 2.45) is 0 Å². The van der Waals surface area contributed by atoms with Crippen LogP contribution in [0.1, 0.15) is 0 Å². The van der Waals surface area contributed by atoms with Crippen LogP contribution in [0.3, 0.4) is 0 Å². The van der Waals surface area contributed by atoms with Crippen molar-refractivity contribution < 1.29 is 32.1 Å². The number of methoxy groups -OCH3 is 4. The molecule has 0 atom stereocenters. The first kappa shape index (κ1) is 22.2. The molecule has 4 aromatic rings. The van der Waals surface area contributed by atoms with Crippen molar-refractivity contribution in [3.05, 3.63) is 60.2 Å². The maximum Gasteiger partial charge on any atom is 0.205 e. The molecule has 0 N–H and O–H groups in total. The summed E-state index contributed by atoms with van der Waals surface area (Å²) in [6.45, 7) is 0. The summed E-state index contributed by atoms with van der Waals surface area (Å²) in [5.74, 6) is -3.99. The smallest absolute Gasteiger partial charge is 0.205 e. The zero-order valence-electron chi connectivity index (χ0n) is 18.2. The van der Waals surface area contributed by atoms with Crippen LogP contribution < -0.4 is 18.9 Å². The summed E-state index contributed by atoms with van der Waals surface area (Å²) >= 11 is 0. The summed E-state index contributed by atoms with van der Waals surface area (Å²) in [6, 6.07) is 9.73. The predicted octanol–water partition coefficient (Wildman–Crippen LogP) is 5.42. The molecule has 0 radical (unpaired) electrons. The fourth-order valence-corrected chi connectivity index (χ4v) is 3.66. The Bertz CT molecular complexity index is 1360. The molecule has 170 valence electrons. The predicted molar refractivity (Wildman–Crippen MR) is 116 cm³/mol. The largest absolute Gasteiger partial charge is 0.493 e. The fraction of sp³-hybridized carbons (Fsp3) is 0.167. The Morgan fingerprint density at radius 3 is 1.97 bits per heavy atom. The van der Waals surface area contributed by atoms with Gasteiger partial charge >= 0.3 is 0 Å². The van der Waals surface area contributed by atoms with Gasteiger partial charge in [-0.2, -0.15) is 4.39 Å². The maximum absolute atomic E-state index is 15.2. The van der Waals surface area contributed by atoms with E-state index in [1.807, 2.05) is 0 Å². The van der Waals surface area contributed by atoms with Gasteiger partial charge in [0.05, 0.1) is 45.2 Å². The zero-order valence-corrected chi connectivity index (χ0v) is 18.2. The Morgan fingerprint density at radius 2 is 1.30 bits per heavy atom. The first-order chi connectivity index (χ1) is 15.9. The molecule has 0 fully saturated rings. The van der Waals surface area contributed by atoms with Crippen LogP contribution in [-0.4, -0.2) is 38.4 Å². The summed E-state index contributed by atoms with van der Waals surface area (Å²) < 4.78 is 65.0. The van der Waals surface area contributed by atoms with Gasteiger partial charge in [0.2, 0.25) is 17.3 Å². The van der Waals surface area contributed by atoms with Gasteiger partial charge in [-0.05, 0) is 35.9 Å². The number of hydrogen-bond acceptors (Lipinski definition) is 6. The zero-order chi connectivity index (χ0) is 23.7. The Labute approximate surface area is 187 Å². The van der Waals surface area contributed by atoms with Gasteiger partial charge in [-0.25, -0.2) is 18.7 Å². The third-order valence-electron chi connectivity index (χ3n) is 5.23. The molecular weight excluding hydrogens is 437 g/mol. The maximum atomic E-state index is 15.2. The van der Waals surface area contributed by atoms with Gasteiger partial charge < -0.3 is 18.9 Å². The monoisotopic (exact) mass is 456 g/mol. The molecule has 0 aliphatic carbocycles. The number of fused-ring (bicyclic) bond motifs is 1. The summed E-state index contributed by atoms with van der Waals surface area (Å²) in [5, 5.41) is 0.496. The summed E-state index contributed by atoms with van der Waals surface area (Å²) in [4.78, 5) is 8.58. The molecule has 1 aromatic heterocycles. The molecule has 6 nitrogen and oxygen atoms in total. The van der Waals surface area contributed by atoms with Crippen molar-refractivity contribution in [2.75, 3.05) is 28.4 Å². The molecule has 0 unspecified atom stereocenters. The highest BCUT2D eigenvalue weighted by atomic mass is 19.2. The molecular formula is C24H19F3N2O4. The quantitative estimate of drug-likeness (QED) is 0.361. The van der Waals surface area contributed by atoms with Crippen LogP contribution in [0.2, 0.25) is 0 Å². The molecule has 0 bridgehead atoms. The van der Waals surface area contributed by atoms with E-state index in [1.54, 1.807) is 24.3 Å². The van der Waals surface area contributed by atoms with E-state index in [9.17, 15) is 8.78 Å². The number of ether oxygens (including phenoxy) is 4. The van der Waals surface area contributed by atoms with Crippen LogP contribution in [0, 0.1) is 17.5 Å². The molecule has 0 aliphatic heterocycles. The Hall–Kier alpha value is -4.01. The van der Waals surface area contributed by atoms with E-state index in [2.05, 4.69) is 9.97 Å². The molecule has 33 heavy (non-hydrogen) atoms. The average Bonchev–Trinajstić information content (AvgIpc) is 2.85. The molecule has 9 heteroatoms. The van der Waals surface area contributed by atoms with Gasteiger partial charge in [0, 0.05) is 10.9 Å². The van der Waals surface area contributed by atoms with Gasteiger partial charge in [-0.15, -0.1) is 0 Å². The van der Waals surface area contributed by atoms with Crippen molar-refractivity contribution in [3.8, 4) is 45.4 Å². The second-order valence-electron chi connectivity index (χ2n) is 6.91. The molecule has 0 saturated heterocycles. The Kier molecular flexibility index (Phi) is 5.95. The van der Waals surface area contributed by atoms with Gasteiger partial charge in [0.25, 0.3) is 0 Å². The number of halogens is 3. The average molecular weight is 456 g/mol. The van der Waals surface area contributed by atoms with E-state index in [4.69, 9.17) is 18.9 Å². The second-order valence-corrected chi connectivity index (χ2v) is 6.91. The SMILES string of the molecule is COc1ccc(-c2ncnc3ccc(-c4c(F)c(F)c(OC)c(OC)c4F)cc23)cc1OC. The highest BCUT2D eigenvalue weighted by Crippen LogP contribution is 2.42. The van der Waals surface area contributed by atoms with Crippen LogP contribution in [-0.2, 0) is 0 Å². The minimum absolute atomic E-state index is 0.0777. The lowest BCUT2D eigenvalue weighted by Gasteiger charge is -2.15. The molecule has 3 aromatic carbocycles. The summed E-state index contributed by atoms with van der Waals surface area (Å²) in [6.07, 6.45) is 1.38. The van der Waals surface area contributed by atoms with E-state index in [0.29, 0.717) is 33.7 Å². The highest BCUT2D eigenvalue weighted by Gasteiger charge is 2.28. The van der Waals surface area contributed by atoms with Gasteiger partial charge in [0.1, 0.15) is 6.33 Å². The van der Waals surface area contributed by atoms with E-state index in [-0.39, 0.29) is 5.56 Å². The minimum Gasteiger partial charge on any atom is -0.493 e. The molecule has 4 rings (SSSR count). The Balaban J connectivity index is 1.97. The van der Waals surface area contributed by atoms with E-state index < -0.39 is 34.5 Å². The third-order valence-corrected chi connectivity index (χ3v) is 5.23. The first-order valence-corrected chi connectivity index (χ1v) is 9.71. The highest BCUT2D eigenvalue weighted by molar-refractivity contribution is 5.95. The van der Waals surface area contributed by atoms with Gasteiger partial charge in [0.15, 0.2) is 23.1 Å². The lowest BCUT2D eigenvalue weighted by Crippen LogP contribution is -2.03. The number of hydrogen-bond donors (Lipinski definition) is 0. The van der Waals surface area contributed by atoms with Crippen molar-refractivity contribution in [2.45, 2.75) is 0 Å². The topological polar surface area (TPSA) is 62.7 Å². The number of benzene rings is 3. The minimum atomic E-state index is -1.39. The van der Waals surface area contributed by atoms with Crippen molar-refractivity contribution >= 4 is 10.9 Å². The van der Waals surface area contributed by atoms with Crippen LogP contribution in [0.4, 0.5) is 13.2 Å². The standard InChI is InChI=1S/C24H19F3N2O4/c1-30-16-8-6-13(10-17(16)31-2)22-14-9-12(5-7-15(14)28-11-29-22)18-19(25)21(27)24(33-4)23(32-3)20(18)26/h5-11H,1-4H3. The van der Waals surface area contributed by atoms with Gasteiger partial charge in [-0.1, -0.05) is 6.07 Å². The van der Waals surface area contributed by atoms with Crippen molar-refractivity contribution in [1.29, 1.82) is 0 Å². The van der Waals surface area contributed by atoms with Crippen LogP contribution in [0.15, 0.2) is 42.7 Å². The van der Waals surface area contributed by atoms with E-state index in [0.717, 1.165) is 14.2 Å². The number of rotatable bonds is 6. The van der Waals surface area contributed by atoms with Crippen LogP contribution in [0.5, 0.6) is 23.0 Å². The molecule has 0 saturated carbocycles.